The number of rotatable bonds is 3. The summed E-state index contributed by atoms with van der Waals surface area (Å²) in [6.45, 7) is 2.83. The molecule has 8 rings (SSSR count). The van der Waals surface area contributed by atoms with Crippen LogP contribution in [0.2, 0.25) is 0 Å². The van der Waals surface area contributed by atoms with Gasteiger partial charge in [-0.1, -0.05) is 5.92 Å². The Morgan fingerprint density at radius 2 is 1.76 bits per heavy atom. The Kier molecular flexibility index (Phi) is 5.75. The molecule has 11 heteroatoms. The molecule has 4 fully saturated rings. The van der Waals surface area contributed by atoms with E-state index < -0.39 is 17.2 Å². The molecule has 4 aliphatic heterocycles. The van der Waals surface area contributed by atoms with E-state index in [-0.39, 0.29) is 39.9 Å². The van der Waals surface area contributed by atoms with Crippen molar-refractivity contribution in [1.29, 1.82) is 0 Å². The number of anilines is 2. The Bertz CT molecular complexity index is 1840. The summed E-state index contributed by atoms with van der Waals surface area (Å²) in [4.78, 5) is 36.4. The summed E-state index contributed by atoms with van der Waals surface area (Å²) in [5, 5.41) is 0.702. The van der Waals surface area contributed by atoms with Crippen LogP contribution >= 0.6 is 0 Å². The summed E-state index contributed by atoms with van der Waals surface area (Å²) in [5.41, 5.74) is -0.137. The maximum Gasteiger partial charge on any atom is 0.249 e. The van der Waals surface area contributed by atoms with Crippen LogP contribution in [0.15, 0.2) is 29.2 Å². The second-order valence-electron chi connectivity index (χ2n) is 11.9. The molecule has 1 aromatic carbocycles. The van der Waals surface area contributed by atoms with Crippen molar-refractivity contribution in [1.82, 2.24) is 24.8 Å². The first-order valence-electron chi connectivity index (χ1n) is 14.4. The van der Waals surface area contributed by atoms with Crippen molar-refractivity contribution in [2.75, 3.05) is 43.0 Å². The molecular weight excluding hydrogens is 540 g/mol. The van der Waals surface area contributed by atoms with Crippen LogP contribution in [0, 0.1) is 24.0 Å². The van der Waals surface area contributed by atoms with Gasteiger partial charge in [-0.2, -0.15) is 4.98 Å². The van der Waals surface area contributed by atoms with E-state index in [2.05, 4.69) is 37.6 Å². The molecule has 42 heavy (non-hydrogen) atoms. The van der Waals surface area contributed by atoms with E-state index in [4.69, 9.17) is 21.1 Å². The van der Waals surface area contributed by atoms with Gasteiger partial charge in [-0.15, -0.1) is 6.42 Å². The molecule has 7 heterocycles. The Morgan fingerprint density at radius 3 is 2.48 bits per heavy atom. The first-order chi connectivity index (χ1) is 20.4. The number of halogens is 2. The van der Waals surface area contributed by atoms with Gasteiger partial charge in [-0.3, -0.25) is 14.7 Å². The first kappa shape index (κ1) is 25.6. The summed E-state index contributed by atoms with van der Waals surface area (Å²) in [6.07, 6.45) is 11.6. The van der Waals surface area contributed by atoms with Crippen LogP contribution in [0.5, 0.6) is 0 Å². The second kappa shape index (κ2) is 9.44. The lowest BCUT2D eigenvalue weighted by atomic mass is 9.99. The van der Waals surface area contributed by atoms with Crippen molar-refractivity contribution in [2.24, 2.45) is 0 Å². The van der Waals surface area contributed by atoms with Gasteiger partial charge in [0.2, 0.25) is 11.5 Å². The predicted octanol–water partition coefficient (Wildman–Crippen LogP) is 3.44. The van der Waals surface area contributed by atoms with Gasteiger partial charge in [0.05, 0.1) is 28.7 Å². The number of terminal acetylenes is 1. The highest BCUT2D eigenvalue weighted by Crippen LogP contribution is 2.38. The number of benzene rings is 1. The molecule has 4 bridgehead atoms. The molecule has 4 atom stereocenters. The Balaban J connectivity index is 1.34. The molecule has 3 aromatic heterocycles. The molecule has 2 unspecified atom stereocenters. The number of hydrogen-bond donors (Lipinski definition) is 1. The maximum absolute atomic E-state index is 16.8. The van der Waals surface area contributed by atoms with Crippen LogP contribution in [0.25, 0.3) is 33.1 Å². The summed E-state index contributed by atoms with van der Waals surface area (Å²) in [7, 11) is 2.16. The fraction of sp³-hybridized carbons (Fsp3) is 0.419. The zero-order valence-corrected chi connectivity index (χ0v) is 23.1. The molecule has 214 valence electrons. The third-order valence-electron chi connectivity index (χ3n) is 9.48. The predicted molar refractivity (Wildman–Crippen MR) is 156 cm³/mol. The number of ether oxygens (including phenoxy) is 1. The number of aromatic nitrogens is 4. The van der Waals surface area contributed by atoms with E-state index in [1.165, 1.54) is 18.2 Å². The number of likely N-dealkylation sites (N-methyl/N-ethyl adjacent to an activating group) is 1. The van der Waals surface area contributed by atoms with Crippen molar-refractivity contribution in [3.05, 3.63) is 51.9 Å². The fourth-order valence-corrected chi connectivity index (χ4v) is 7.33. The molecule has 0 spiro atoms. The van der Waals surface area contributed by atoms with Gasteiger partial charge in [0, 0.05) is 61.5 Å². The molecule has 0 amide bonds. The van der Waals surface area contributed by atoms with Gasteiger partial charge in [0.1, 0.15) is 22.8 Å². The number of fused-ring (bicyclic) bond motifs is 6. The molecule has 0 radical (unpaired) electrons. The number of H-pyrrole nitrogens is 1. The van der Waals surface area contributed by atoms with Crippen LogP contribution in [0.1, 0.15) is 31.2 Å². The third-order valence-corrected chi connectivity index (χ3v) is 9.48. The lowest BCUT2D eigenvalue weighted by molar-refractivity contribution is 0.0303. The normalized spacial score (nSPS) is 25.5. The van der Waals surface area contributed by atoms with Gasteiger partial charge < -0.3 is 19.5 Å². The zero-order chi connectivity index (χ0) is 28.7. The minimum Gasteiger partial charge on any atom is -0.371 e. The number of hydrogen-bond acceptors (Lipinski definition) is 8. The molecular formula is C31H29F2N7O2. The largest absolute Gasteiger partial charge is 0.371 e. The first-order valence-corrected chi connectivity index (χ1v) is 14.4. The van der Waals surface area contributed by atoms with Crippen molar-refractivity contribution in [2.45, 2.75) is 50.0 Å². The van der Waals surface area contributed by atoms with Crippen molar-refractivity contribution in [3.8, 4) is 23.6 Å². The van der Waals surface area contributed by atoms with Gasteiger partial charge >= 0.3 is 0 Å². The quantitative estimate of drug-likeness (QED) is 0.376. The number of pyridine rings is 2. The Hall–Kier alpha value is -4.14. The number of nitrogens with zero attached hydrogens (tertiary/aromatic N) is 6. The average Bonchev–Trinajstić information content (AvgIpc) is 3.40. The molecule has 4 aromatic rings. The lowest BCUT2D eigenvalue weighted by Gasteiger charge is -2.39. The van der Waals surface area contributed by atoms with Crippen LogP contribution in [-0.2, 0) is 4.74 Å². The van der Waals surface area contributed by atoms with Gasteiger partial charge in [-0.05, 0) is 44.9 Å². The number of nitrogens with one attached hydrogen (secondary N) is 1. The van der Waals surface area contributed by atoms with Crippen LogP contribution in [-0.4, -0.2) is 82.4 Å². The molecule has 4 saturated heterocycles. The van der Waals surface area contributed by atoms with Crippen molar-refractivity contribution in [3.63, 3.8) is 0 Å². The summed E-state index contributed by atoms with van der Waals surface area (Å²) in [6, 6.07) is 4.60. The highest BCUT2D eigenvalue weighted by atomic mass is 19.1. The fourth-order valence-electron chi connectivity index (χ4n) is 7.33. The van der Waals surface area contributed by atoms with E-state index in [0.29, 0.717) is 47.8 Å². The average molecular weight is 570 g/mol. The summed E-state index contributed by atoms with van der Waals surface area (Å²) in [5.74, 6) is 2.12. The van der Waals surface area contributed by atoms with Crippen LogP contribution < -0.4 is 15.4 Å². The smallest absolute Gasteiger partial charge is 0.249 e. The maximum atomic E-state index is 16.8. The Labute approximate surface area is 240 Å². The topological polar surface area (TPSA) is 90.5 Å². The van der Waals surface area contributed by atoms with E-state index in [1.54, 1.807) is 6.20 Å². The second-order valence-corrected chi connectivity index (χ2v) is 11.9. The molecule has 9 nitrogen and oxygen atoms in total. The zero-order valence-electron chi connectivity index (χ0n) is 23.1. The molecule has 0 aliphatic carbocycles. The lowest BCUT2D eigenvalue weighted by Crippen LogP contribution is -2.52. The summed E-state index contributed by atoms with van der Waals surface area (Å²) >= 11 is 0. The van der Waals surface area contributed by atoms with Gasteiger partial charge in [0.15, 0.2) is 5.82 Å². The number of morpholine rings is 1. The standard InChI is InChI=1S/C31H29F2N7O2/c1-3-20-23(32)8-9-24-26(20)21(10-25(41)35-24)28-27(33)29-22(11-34-28)30(39-14-18-6-7-19(15-39)42-18)37-31(36-29)40-12-16-4-5-17(13-40)38(16)2/h1,8-11,16-19H,4-7,12-15H2,2H3,(H,35,41)/t16?,17?,18-,19+. The monoisotopic (exact) mass is 569 g/mol. The Morgan fingerprint density at radius 1 is 1.02 bits per heavy atom. The minimum atomic E-state index is -0.704. The number of piperazine rings is 1. The van der Waals surface area contributed by atoms with Crippen LogP contribution in [0.4, 0.5) is 20.5 Å². The van der Waals surface area contributed by atoms with Gasteiger partial charge in [-0.25, -0.2) is 13.8 Å². The highest BCUT2D eigenvalue weighted by Gasteiger charge is 2.40. The molecule has 1 N–H and O–H groups in total. The third kappa shape index (κ3) is 3.89. The van der Waals surface area contributed by atoms with E-state index >= 15 is 4.39 Å². The van der Waals surface area contributed by atoms with Gasteiger partial charge in [0.25, 0.3) is 0 Å². The van der Waals surface area contributed by atoms with E-state index in [1.807, 2.05) is 0 Å². The number of aromatic amines is 1. The minimum absolute atomic E-state index is 0.0687. The van der Waals surface area contributed by atoms with E-state index in [0.717, 1.165) is 38.8 Å². The van der Waals surface area contributed by atoms with Crippen LogP contribution in [0.3, 0.4) is 0 Å². The van der Waals surface area contributed by atoms with Crippen molar-refractivity contribution < 1.29 is 13.5 Å². The molecule has 4 aliphatic rings. The highest BCUT2D eigenvalue weighted by molar-refractivity contribution is 6.00. The van der Waals surface area contributed by atoms with Crippen molar-refractivity contribution >= 4 is 33.6 Å². The van der Waals surface area contributed by atoms with E-state index in [9.17, 15) is 9.18 Å². The molecule has 0 saturated carbocycles. The summed E-state index contributed by atoms with van der Waals surface area (Å²) < 4.78 is 37.6. The SMILES string of the molecule is C#Cc1c(F)ccc2[nH]c(=O)cc(-c3ncc4c(N5C[C@H]6CC[C@@H](C5)O6)nc(N5CC6CCC(C5)N6C)nc4c3F)c12.